The van der Waals surface area contributed by atoms with E-state index >= 15 is 0 Å². The number of halogens is 2. The number of benzene rings is 2. The molecule has 4 rings (SSSR count). The van der Waals surface area contributed by atoms with Crippen molar-refractivity contribution in [1.82, 2.24) is 0 Å². The third kappa shape index (κ3) is 2.64. The number of aliphatic carboxylic acids is 1. The Bertz CT molecular complexity index is 1080. The van der Waals surface area contributed by atoms with Crippen LogP contribution in [0.4, 0.5) is 5.69 Å². The Morgan fingerprint density at radius 3 is 2.68 bits per heavy atom. The zero-order valence-corrected chi connectivity index (χ0v) is 14.5. The number of nitrogens with zero attached hydrogens (tertiary/aromatic N) is 1. The Morgan fingerprint density at radius 2 is 1.96 bits per heavy atom. The van der Waals surface area contributed by atoms with Crippen LogP contribution < -0.4 is 10.3 Å². The maximum atomic E-state index is 12.7. The van der Waals surface area contributed by atoms with Gasteiger partial charge in [-0.1, -0.05) is 23.2 Å². The van der Waals surface area contributed by atoms with Crippen LogP contribution in [0.3, 0.4) is 0 Å². The molecule has 2 heterocycles. The number of fused-ring (bicyclic) bond motifs is 2. The summed E-state index contributed by atoms with van der Waals surface area (Å²) in [5.41, 5.74) is 1.24. The van der Waals surface area contributed by atoms with E-state index in [1.807, 2.05) is 4.90 Å². The largest absolute Gasteiger partial charge is 0.481 e. The highest BCUT2D eigenvalue weighted by Gasteiger charge is 2.28. The van der Waals surface area contributed by atoms with E-state index in [1.54, 1.807) is 30.3 Å². The molecular formula is C18H13Cl2NO4. The average molecular weight is 378 g/mol. The second-order valence-electron chi connectivity index (χ2n) is 6.11. The van der Waals surface area contributed by atoms with Crippen molar-refractivity contribution in [2.75, 3.05) is 18.0 Å². The Morgan fingerprint density at radius 1 is 1.20 bits per heavy atom. The summed E-state index contributed by atoms with van der Waals surface area (Å²) in [7, 11) is 0. The third-order valence-corrected chi connectivity index (χ3v) is 5.22. The first-order valence-electron chi connectivity index (χ1n) is 7.78. The van der Waals surface area contributed by atoms with Gasteiger partial charge in [-0.05, 0) is 30.7 Å². The van der Waals surface area contributed by atoms with Crippen molar-refractivity contribution in [2.24, 2.45) is 5.92 Å². The molecule has 0 spiro atoms. The van der Waals surface area contributed by atoms with E-state index in [-0.39, 0.29) is 22.3 Å². The van der Waals surface area contributed by atoms with E-state index in [9.17, 15) is 9.59 Å². The number of carbonyl (C=O) groups is 1. The van der Waals surface area contributed by atoms with Crippen molar-refractivity contribution >= 4 is 56.8 Å². The number of hydrogen-bond donors (Lipinski definition) is 1. The van der Waals surface area contributed by atoms with Crippen LogP contribution >= 0.6 is 23.2 Å². The van der Waals surface area contributed by atoms with Gasteiger partial charge in [-0.2, -0.15) is 0 Å². The molecule has 0 bridgehead atoms. The molecular weight excluding hydrogens is 365 g/mol. The molecule has 1 aliphatic heterocycles. The van der Waals surface area contributed by atoms with Gasteiger partial charge in [0, 0.05) is 24.8 Å². The molecule has 0 amide bonds. The van der Waals surface area contributed by atoms with Crippen LogP contribution in [-0.2, 0) is 4.79 Å². The van der Waals surface area contributed by atoms with Gasteiger partial charge in [0.1, 0.15) is 5.58 Å². The fourth-order valence-corrected chi connectivity index (χ4v) is 3.70. The number of hydrogen-bond acceptors (Lipinski definition) is 4. The molecule has 3 aromatic rings. The molecule has 1 N–H and O–H groups in total. The molecule has 25 heavy (non-hydrogen) atoms. The minimum atomic E-state index is -0.790. The summed E-state index contributed by atoms with van der Waals surface area (Å²) in [6.07, 6.45) is 0.594. The van der Waals surface area contributed by atoms with Crippen molar-refractivity contribution in [3.63, 3.8) is 0 Å². The highest BCUT2D eigenvalue weighted by molar-refractivity contribution is 6.39. The molecule has 0 radical (unpaired) electrons. The van der Waals surface area contributed by atoms with E-state index < -0.39 is 5.97 Å². The summed E-state index contributed by atoms with van der Waals surface area (Å²) in [5, 5.41) is 10.4. The molecule has 128 valence electrons. The van der Waals surface area contributed by atoms with Crippen LogP contribution in [0.5, 0.6) is 0 Å². The number of carboxylic acids is 1. The summed E-state index contributed by atoms with van der Waals surface area (Å²) in [4.78, 5) is 25.9. The third-order valence-electron chi connectivity index (χ3n) is 4.61. The lowest BCUT2D eigenvalue weighted by molar-refractivity contribution is -0.140. The van der Waals surface area contributed by atoms with Gasteiger partial charge in [0.2, 0.25) is 5.43 Å². The van der Waals surface area contributed by atoms with Gasteiger partial charge in [0.25, 0.3) is 0 Å². The number of carboxylic acid groups (broad SMARTS) is 1. The average Bonchev–Trinajstić information content (AvgIpc) is 3.08. The van der Waals surface area contributed by atoms with Gasteiger partial charge in [0.15, 0.2) is 5.58 Å². The van der Waals surface area contributed by atoms with Crippen LogP contribution in [0.1, 0.15) is 6.42 Å². The van der Waals surface area contributed by atoms with Crippen molar-refractivity contribution in [3.8, 4) is 0 Å². The van der Waals surface area contributed by atoms with Gasteiger partial charge < -0.3 is 14.4 Å². The van der Waals surface area contributed by atoms with E-state index in [2.05, 4.69) is 0 Å². The Balaban J connectivity index is 1.87. The molecule has 0 unspecified atom stereocenters. The topological polar surface area (TPSA) is 70.8 Å². The minimum Gasteiger partial charge on any atom is -0.481 e. The van der Waals surface area contributed by atoms with Crippen LogP contribution in [0, 0.1) is 5.92 Å². The van der Waals surface area contributed by atoms with Crippen LogP contribution in [0.2, 0.25) is 10.0 Å². The SMILES string of the molecule is O=C(O)[C@H]1CCN(c2ccc3c(=O)c4c(Cl)ccc(Cl)c4oc3c2)C1. The van der Waals surface area contributed by atoms with Gasteiger partial charge in [-0.3, -0.25) is 9.59 Å². The lowest BCUT2D eigenvalue weighted by Gasteiger charge is -2.18. The highest BCUT2D eigenvalue weighted by Crippen LogP contribution is 2.32. The molecule has 7 heteroatoms. The van der Waals surface area contributed by atoms with E-state index in [4.69, 9.17) is 32.7 Å². The summed E-state index contributed by atoms with van der Waals surface area (Å²) in [6, 6.07) is 8.38. The second kappa shape index (κ2) is 5.93. The smallest absolute Gasteiger partial charge is 0.308 e. The van der Waals surface area contributed by atoms with Crippen LogP contribution in [-0.4, -0.2) is 24.2 Å². The summed E-state index contributed by atoms with van der Waals surface area (Å²) in [5.74, 6) is -1.17. The van der Waals surface area contributed by atoms with Gasteiger partial charge in [0.05, 0.1) is 26.7 Å². The summed E-state index contributed by atoms with van der Waals surface area (Å²) < 4.78 is 5.85. The molecule has 0 saturated carbocycles. The lowest BCUT2D eigenvalue weighted by Crippen LogP contribution is -2.22. The molecule has 1 atom stereocenters. The molecule has 1 aromatic heterocycles. The quantitative estimate of drug-likeness (QED) is 0.678. The fourth-order valence-electron chi connectivity index (χ4n) is 3.27. The zero-order valence-electron chi connectivity index (χ0n) is 13.0. The Labute approximate surface area is 152 Å². The summed E-state index contributed by atoms with van der Waals surface area (Å²) >= 11 is 12.3. The molecule has 1 aliphatic rings. The van der Waals surface area contributed by atoms with E-state index in [0.717, 1.165) is 5.69 Å². The van der Waals surface area contributed by atoms with Crippen LogP contribution in [0.25, 0.3) is 21.9 Å². The predicted octanol–water partition coefficient (Wildman–Crippen LogP) is 4.16. The monoisotopic (exact) mass is 377 g/mol. The van der Waals surface area contributed by atoms with E-state index in [0.29, 0.717) is 40.5 Å². The Hall–Kier alpha value is -2.24. The second-order valence-corrected chi connectivity index (χ2v) is 6.93. The lowest BCUT2D eigenvalue weighted by atomic mass is 10.1. The molecule has 5 nitrogen and oxygen atoms in total. The molecule has 0 aliphatic carbocycles. The minimum absolute atomic E-state index is 0.236. The molecule has 1 saturated heterocycles. The normalized spacial score (nSPS) is 17.5. The first kappa shape index (κ1) is 16.2. The first-order chi connectivity index (χ1) is 12.0. The van der Waals surface area contributed by atoms with Gasteiger partial charge in [-0.25, -0.2) is 0 Å². The summed E-state index contributed by atoms with van der Waals surface area (Å²) in [6.45, 7) is 1.08. The molecule has 2 aromatic carbocycles. The van der Waals surface area contributed by atoms with E-state index in [1.165, 1.54) is 0 Å². The molecule has 1 fully saturated rings. The fraction of sp³-hybridized carbons (Fsp3) is 0.222. The number of rotatable bonds is 2. The van der Waals surface area contributed by atoms with Crippen molar-refractivity contribution < 1.29 is 14.3 Å². The standard InChI is InChI=1S/C18H13Cl2NO4/c19-12-3-4-13(20)17-15(12)16(22)11-2-1-10(7-14(11)25-17)21-6-5-9(8-21)18(23)24/h1-4,7,9H,5-6,8H2,(H,23,24)/t9-/m0/s1. The van der Waals surface area contributed by atoms with Crippen molar-refractivity contribution in [3.05, 3.63) is 50.6 Å². The highest BCUT2D eigenvalue weighted by atomic mass is 35.5. The van der Waals surface area contributed by atoms with Crippen molar-refractivity contribution in [2.45, 2.75) is 6.42 Å². The maximum absolute atomic E-state index is 12.7. The Kier molecular flexibility index (Phi) is 3.85. The zero-order chi connectivity index (χ0) is 17.7. The maximum Gasteiger partial charge on any atom is 0.308 e. The van der Waals surface area contributed by atoms with Crippen LogP contribution in [0.15, 0.2) is 39.5 Å². The first-order valence-corrected chi connectivity index (χ1v) is 8.53. The predicted molar refractivity (Wildman–Crippen MR) is 98.0 cm³/mol. The number of anilines is 1. The van der Waals surface area contributed by atoms with Gasteiger partial charge in [-0.15, -0.1) is 0 Å². The van der Waals surface area contributed by atoms with Gasteiger partial charge >= 0.3 is 5.97 Å². The van der Waals surface area contributed by atoms with Crippen molar-refractivity contribution in [1.29, 1.82) is 0 Å².